The lowest BCUT2D eigenvalue weighted by molar-refractivity contribution is -0.0563. The second kappa shape index (κ2) is 2.34. The second-order valence-corrected chi connectivity index (χ2v) is 2.06. The van der Waals surface area contributed by atoms with E-state index in [1.165, 1.54) is 0 Å². The van der Waals surface area contributed by atoms with Gasteiger partial charge in [0.15, 0.2) is 10.7 Å². The molecule has 0 aliphatic rings. The van der Waals surface area contributed by atoms with E-state index in [2.05, 4.69) is 0 Å². The fraction of sp³-hybridized carbons (Fsp3) is 0.500. The van der Waals surface area contributed by atoms with Crippen LogP contribution < -0.4 is 0 Å². The highest BCUT2D eigenvalue weighted by atomic mass is 32.2. The number of hydrogen-bond acceptors (Lipinski definition) is 3. The lowest BCUT2D eigenvalue weighted by atomic mass is 10.7. The van der Waals surface area contributed by atoms with Gasteiger partial charge in [0.25, 0.3) is 0 Å². The van der Waals surface area contributed by atoms with Crippen LogP contribution in [0.2, 0.25) is 0 Å². The van der Waals surface area contributed by atoms with Crippen molar-refractivity contribution in [3.05, 3.63) is 0 Å². The molecule has 0 unspecified atom stereocenters. The van der Waals surface area contributed by atoms with Gasteiger partial charge in [0.1, 0.15) is 0 Å². The predicted molar refractivity (Wildman–Crippen MR) is 24.1 cm³/mol. The maximum Gasteiger partial charge on any atom is 0.443 e. The van der Waals surface area contributed by atoms with Crippen LogP contribution in [0.25, 0.3) is 0 Å². The summed E-state index contributed by atoms with van der Waals surface area (Å²) in [4.78, 5) is 0. The highest BCUT2D eigenvalue weighted by Crippen LogP contribution is 2.15. The van der Waals surface area contributed by atoms with E-state index in [4.69, 9.17) is 5.41 Å². The largest absolute Gasteiger partial charge is 0.443 e. The molecule has 9 heavy (non-hydrogen) atoms. The van der Waals surface area contributed by atoms with Gasteiger partial charge in [-0.3, -0.25) is 5.41 Å². The summed E-state index contributed by atoms with van der Waals surface area (Å²) in [5.74, 6) is 0. The molecular weight excluding hydrogens is 159 g/mol. The van der Waals surface area contributed by atoms with E-state index in [0.29, 0.717) is 0 Å². The number of nitrogens with one attached hydrogen (secondary N) is 1. The molecule has 0 rings (SSSR count). The van der Waals surface area contributed by atoms with Crippen LogP contribution in [0.5, 0.6) is 0 Å². The molecule has 0 bridgehead atoms. The first kappa shape index (κ1) is 8.41. The van der Waals surface area contributed by atoms with Crippen molar-refractivity contribution in [2.24, 2.45) is 0 Å². The normalized spacial score (nSPS) is 12.0. The third-order valence-corrected chi connectivity index (χ3v) is 1.07. The molecule has 0 aliphatic carbocycles. The Morgan fingerprint density at radius 2 is 1.67 bits per heavy atom. The van der Waals surface area contributed by atoms with Crippen molar-refractivity contribution in [3.63, 3.8) is 0 Å². The van der Waals surface area contributed by atoms with Gasteiger partial charge in [-0.05, 0) is 0 Å². The average molecular weight is 161 g/mol. The van der Waals surface area contributed by atoms with Gasteiger partial charge < -0.3 is 0 Å². The van der Waals surface area contributed by atoms with Crippen LogP contribution in [0.1, 0.15) is 0 Å². The molecule has 3 nitrogen and oxygen atoms in total. The highest BCUT2D eigenvalue weighted by Gasteiger charge is 2.36. The summed E-state index contributed by atoms with van der Waals surface area (Å²) in [6.45, 7) is 0. The minimum atomic E-state index is -5.03. The van der Waals surface area contributed by atoms with Crippen molar-refractivity contribution in [2.45, 2.75) is 6.18 Å². The summed E-state index contributed by atoms with van der Waals surface area (Å²) in [6, 6.07) is 0. The topological polar surface area (TPSA) is 58.0 Å². The summed E-state index contributed by atoms with van der Waals surface area (Å²) in [7, 11) is -3.79. The van der Waals surface area contributed by atoms with Crippen molar-refractivity contribution in [2.75, 3.05) is 0 Å². The van der Waals surface area contributed by atoms with Gasteiger partial charge in [0.2, 0.25) is 5.04 Å². The molecule has 0 aromatic carbocycles. The van der Waals surface area contributed by atoms with Crippen molar-refractivity contribution in [3.8, 4) is 0 Å². The highest BCUT2D eigenvalue weighted by molar-refractivity contribution is 7.89. The van der Waals surface area contributed by atoms with Crippen molar-refractivity contribution in [1.29, 1.82) is 5.41 Å². The Labute approximate surface area is 49.9 Å². The molecule has 0 aromatic heterocycles. The summed E-state index contributed by atoms with van der Waals surface area (Å²) in [6.07, 6.45) is -5.03. The molecular formula is C2H2F3NO2S. The molecule has 0 spiro atoms. The fourth-order valence-electron chi connectivity index (χ4n) is 0.104. The summed E-state index contributed by atoms with van der Waals surface area (Å²) in [5, 5.41) is 3.66. The minimum Gasteiger partial charge on any atom is -0.286 e. The van der Waals surface area contributed by atoms with E-state index in [1.54, 1.807) is 0 Å². The third kappa shape index (κ3) is 2.45. The zero-order valence-electron chi connectivity index (χ0n) is 3.90. The Bertz CT molecular complexity index is 184. The predicted octanol–water partition coefficient (Wildman–Crippen LogP) is 0.137. The molecule has 0 saturated carbocycles. The van der Waals surface area contributed by atoms with E-state index in [-0.39, 0.29) is 0 Å². The molecule has 0 atom stereocenters. The van der Waals surface area contributed by atoms with E-state index in [9.17, 15) is 21.6 Å². The molecule has 1 N–H and O–H groups in total. The molecule has 0 radical (unpaired) electrons. The van der Waals surface area contributed by atoms with Gasteiger partial charge in [-0.2, -0.15) is 13.2 Å². The lowest BCUT2D eigenvalue weighted by Gasteiger charge is -1.98. The average Bonchev–Trinajstić information content (AvgIpc) is 1.62. The van der Waals surface area contributed by atoms with E-state index in [1.807, 2.05) is 0 Å². The first-order valence-corrected chi connectivity index (χ1v) is 2.83. The maximum absolute atomic E-state index is 11.1. The van der Waals surface area contributed by atoms with Crippen molar-refractivity contribution >= 4 is 15.7 Å². The number of rotatable bonds is 0. The molecule has 7 heteroatoms. The van der Waals surface area contributed by atoms with Gasteiger partial charge in [-0.15, -0.1) is 0 Å². The molecule has 0 aliphatic heterocycles. The summed E-state index contributed by atoms with van der Waals surface area (Å²) >= 11 is 0. The maximum atomic E-state index is 11.1. The van der Waals surface area contributed by atoms with Gasteiger partial charge in [0, 0.05) is 0 Å². The molecule has 0 aromatic rings. The van der Waals surface area contributed by atoms with E-state index >= 15 is 0 Å². The Kier molecular flexibility index (Phi) is 2.19. The van der Waals surface area contributed by atoms with Crippen LogP contribution >= 0.6 is 0 Å². The zero-order valence-corrected chi connectivity index (χ0v) is 4.79. The van der Waals surface area contributed by atoms with Crippen molar-refractivity contribution in [1.82, 2.24) is 0 Å². The summed E-state index contributed by atoms with van der Waals surface area (Å²) in [5.41, 5.74) is 0. The Morgan fingerprint density at radius 1 is 1.33 bits per heavy atom. The van der Waals surface area contributed by atoms with Crippen LogP contribution in [0.15, 0.2) is 0 Å². The molecule has 0 saturated heterocycles. The van der Waals surface area contributed by atoms with Crippen LogP contribution in [0.4, 0.5) is 13.2 Å². The standard InChI is InChI=1S/C2H2F3NO2S/c3-2(4,5)1(6)9(7)8/h6,9H. The summed E-state index contributed by atoms with van der Waals surface area (Å²) < 4.78 is 52.2. The number of hydrogen-bond donors (Lipinski definition) is 2. The zero-order chi connectivity index (χ0) is 7.65. The van der Waals surface area contributed by atoms with Crippen LogP contribution in [-0.4, -0.2) is 19.6 Å². The van der Waals surface area contributed by atoms with E-state index in [0.717, 1.165) is 0 Å². The van der Waals surface area contributed by atoms with Gasteiger partial charge in [-0.25, -0.2) is 8.42 Å². The first-order chi connectivity index (χ1) is 3.85. The van der Waals surface area contributed by atoms with Gasteiger partial charge >= 0.3 is 6.18 Å². The smallest absolute Gasteiger partial charge is 0.286 e. The first-order valence-electron chi connectivity index (χ1n) is 1.66. The number of thiol groups is 1. The Balaban J connectivity index is 4.42. The molecule has 0 fully saturated rings. The molecule has 0 heterocycles. The second-order valence-electron chi connectivity index (χ2n) is 1.10. The quantitative estimate of drug-likeness (QED) is 0.301. The van der Waals surface area contributed by atoms with Crippen LogP contribution in [0.3, 0.4) is 0 Å². The number of alkyl halides is 3. The Hall–Kier alpha value is -0.590. The van der Waals surface area contributed by atoms with Crippen LogP contribution in [-0.2, 0) is 10.7 Å². The molecule has 0 amide bonds. The SMILES string of the molecule is N=C([SH](=O)=O)C(F)(F)F. The lowest BCUT2D eigenvalue weighted by Crippen LogP contribution is -2.22. The molecule has 54 valence electrons. The monoisotopic (exact) mass is 161 g/mol. The fourth-order valence-corrected chi connectivity index (χ4v) is 0.311. The van der Waals surface area contributed by atoms with Gasteiger partial charge in [0.05, 0.1) is 0 Å². The minimum absolute atomic E-state index is 2.21. The Morgan fingerprint density at radius 3 is 1.67 bits per heavy atom. The van der Waals surface area contributed by atoms with Gasteiger partial charge in [-0.1, -0.05) is 0 Å². The third-order valence-electron chi connectivity index (χ3n) is 0.451. The van der Waals surface area contributed by atoms with Crippen LogP contribution in [0, 0.1) is 5.41 Å². The van der Waals surface area contributed by atoms with Crippen molar-refractivity contribution < 1.29 is 21.6 Å². The van der Waals surface area contributed by atoms with E-state index < -0.39 is 21.9 Å². The number of halogens is 3.